The number of hydrogen-bond donors (Lipinski definition) is 6. The number of carbonyl (C=O) groups is 4. The second-order valence-electron chi connectivity index (χ2n) is 4.11. The molecule has 0 aliphatic heterocycles. The van der Waals surface area contributed by atoms with Crippen molar-refractivity contribution in [3.05, 3.63) is 0 Å². The minimum absolute atomic E-state index is 0.651. The monoisotopic (exact) mass is 292 g/mol. The quantitative estimate of drug-likeness (QED) is 0.262. The zero-order chi connectivity index (χ0) is 15.9. The molecule has 0 unspecified atom stereocenters. The lowest BCUT2D eigenvalue weighted by molar-refractivity contribution is -0.149. The molecule has 3 atom stereocenters. The molecule has 0 aromatic rings. The standard InChI is InChI=1S/C10H16N2O8/c1-4(5(9(17)18)2-7(13)14)11-12-6(10(19)20)3-8(15)16/h4-6,11-12H,2-3H2,1H3,(H,13,14)(H,15,16)(H,17,18)(H,19,20)/t4-,5-,6+/m0/s1. The molecule has 0 rings (SSSR count). The third-order valence-electron chi connectivity index (χ3n) is 2.48. The van der Waals surface area contributed by atoms with E-state index in [0.717, 1.165) is 0 Å². The fourth-order valence-corrected chi connectivity index (χ4v) is 1.37. The summed E-state index contributed by atoms with van der Waals surface area (Å²) in [5, 5.41) is 34.7. The van der Waals surface area contributed by atoms with Crippen LogP contribution >= 0.6 is 0 Å². The summed E-state index contributed by atoms with van der Waals surface area (Å²) in [5.41, 5.74) is 4.49. The molecule has 0 aromatic carbocycles. The first-order valence-electron chi connectivity index (χ1n) is 5.55. The van der Waals surface area contributed by atoms with Crippen LogP contribution in [0.4, 0.5) is 0 Å². The molecule has 0 bridgehead atoms. The summed E-state index contributed by atoms with van der Waals surface area (Å²) in [6, 6.07) is -2.38. The number of hydrazine groups is 1. The highest BCUT2D eigenvalue weighted by molar-refractivity contribution is 5.80. The van der Waals surface area contributed by atoms with E-state index in [-0.39, 0.29) is 0 Å². The Bertz CT molecular complexity index is 397. The van der Waals surface area contributed by atoms with Crippen LogP contribution in [0, 0.1) is 5.92 Å². The van der Waals surface area contributed by atoms with Crippen LogP contribution < -0.4 is 10.9 Å². The fourth-order valence-electron chi connectivity index (χ4n) is 1.37. The highest BCUT2D eigenvalue weighted by atomic mass is 16.4. The van der Waals surface area contributed by atoms with Crippen LogP contribution in [0.3, 0.4) is 0 Å². The first-order chi connectivity index (χ1) is 9.15. The van der Waals surface area contributed by atoms with Gasteiger partial charge in [0.1, 0.15) is 6.04 Å². The Balaban J connectivity index is 4.58. The Hall–Kier alpha value is -2.20. The minimum atomic E-state index is -1.46. The van der Waals surface area contributed by atoms with Crippen LogP contribution in [0.2, 0.25) is 0 Å². The van der Waals surface area contributed by atoms with Gasteiger partial charge in [0.05, 0.1) is 18.8 Å². The summed E-state index contributed by atoms with van der Waals surface area (Å²) < 4.78 is 0. The van der Waals surface area contributed by atoms with Crippen LogP contribution in [0.1, 0.15) is 19.8 Å². The number of nitrogens with one attached hydrogen (secondary N) is 2. The first kappa shape index (κ1) is 17.8. The van der Waals surface area contributed by atoms with Gasteiger partial charge in [-0.1, -0.05) is 0 Å². The largest absolute Gasteiger partial charge is 0.481 e. The Morgan fingerprint density at radius 3 is 1.70 bits per heavy atom. The minimum Gasteiger partial charge on any atom is -0.481 e. The van der Waals surface area contributed by atoms with Gasteiger partial charge in [0.2, 0.25) is 0 Å². The van der Waals surface area contributed by atoms with Crippen molar-refractivity contribution < 1.29 is 39.6 Å². The molecule has 0 aliphatic carbocycles. The number of hydrogen-bond acceptors (Lipinski definition) is 6. The van der Waals surface area contributed by atoms with Gasteiger partial charge in [-0.2, -0.15) is 0 Å². The van der Waals surface area contributed by atoms with Crippen molar-refractivity contribution in [2.75, 3.05) is 0 Å². The smallest absolute Gasteiger partial charge is 0.322 e. The van der Waals surface area contributed by atoms with Crippen molar-refractivity contribution >= 4 is 23.9 Å². The molecule has 0 aromatic heterocycles. The first-order valence-corrected chi connectivity index (χ1v) is 5.55. The maximum Gasteiger partial charge on any atom is 0.322 e. The van der Waals surface area contributed by atoms with Gasteiger partial charge < -0.3 is 20.4 Å². The summed E-state index contributed by atoms with van der Waals surface area (Å²) in [6.45, 7) is 1.34. The van der Waals surface area contributed by atoms with E-state index in [1.54, 1.807) is 0 Å². The molecule has 0 fully saturated rings. The van der Waals surface area contributed by atoms with Crippen molar-refractivity contribution in [2.24, 2.45) is 5.92 Å². The van der Waals surface area contributed by atoms with E-state index in [4.69, 9.17) is 20.4 Å². The van der Waals surface area contributed by atoms with E-state index in [9.17, 15) is 19.2 Å². The highest BCUT2D eigenvalue weighted by Crippen LogP contribution is 2.09. The highest BCUT2D eigenvalue weighted by Gasteiger charge is 2.29. The second kappa shape index (κ2) is 8.07. The van der Waals surface area contributed by atoms with E-state index in [2.05, 4.69) is 10.9 Å². The lowest BCUT2D eigenvalue weighted by Crippen LogP contribution is -2.53. The number of aliphatic carboxylic acids is 4. The Kier molecular flexibility index (Phi) is 7.18. The molecule has 114 valence electrons. The third-order valence-corrected chi connectivity index (χ3v) is 2.48. The molecule has 0 radical (unpaired) electrons. The maximum atomic E-state index is 10.9. The van der Waals surface area contributed by atoms with Gasteiger partial charge in [-0.25, -0.2) is 5.43 Å². The van der Waals surface area contributed by atoms with Gasteiger partial charge in [-0.15, -0.1) is 0 Å². The average molecular weight is 292 g/mol. The zero-order valence-electron chi connectivity index (χ0n) is 10.6. The molecular formula is C10H16N2O8. The van der Waals surface area contributed by atoms with Gasteiger partial charge in [-0.3, -0.25) is 24.6 Å². The number of carboxylic acid groups (broad SMARTS) is 4. The molecular weight excluding hydrogens is 276 g/mol. The molecule has 20 heavy (non-hydrogen) atoms. The normalized spacial score (nSPS) is 15.1. The van der Waals surface area contributed by atoms with E-state index in [1.165, 1.54) is 6.92 Å². The van der Waals surface area contributed by atoms with Gasteiger partial charge in [0.15, 0.2) is 0 Å². The predicted molar refractivity (Wildman–Crippen MR) is 62.8 cm³/mol. The van der Waals surface area contributed by atoms with Gasteiger partial charge in [0, 0.05) is 6.04 Å². The van der Waals surface area contributed by atoms with Crippen LogP contribution in [-0.2, 0) is 19.2 Å². The summed E-state index contributed by atoms with van der Waals surface area (Å²) in [5.74, 6) is -6.75. The molecule has 0 saturated heterocycles. The SMILES string of the molecule is C[C@H](NN[C@H](CC(=O)O)C(=O)O)[C@H](CC(=O)O)C(=O)O. The van der Waals surface area contributed by atoms with Crippen LogP contribution in [0.5, 0.6) is 0 Å². The van der Waals surface area contributed by atoms with Gasteiger partial charge >= 0.3 is 23.9 Å². The van der Waals surface area contributed by atoms with Crippen LogP contribution in [-0.4, -0.2) is 56.4 Å². The van der Waals surface area contributed by atoms with Crippen molar-refractivity contribution in [3.8, 4) is 0 Å². The number of carboxylic acids is 4. The van der Waals surface area contributed by atoms with Crippen molar-refractivity contribution in [1.82, 2.24) is 10.9 Å². The van der Waals surface area contributed by atoms with Crippen molar-refractivity contribution in [3.63, 3.8) is 0 Å². The average Bonchev–Trinajstić information content (AvgIpc) is 2.29. The van der Waals surface area contributed by atoms with Crippen LogP contribution in [0.25, 0.3) is 0 Å². The molecule has 10 nitrogen and oxygen atoms in total. The molecule has 0 heterocycles. The third kappa shape index (κ3) is 6.66. The summed E-state index contributed by atoms with van der Waals surface area (Å²) >= 11 is 0. The molecule has 0 saturated carbocycles. The predicted octanol–water partition coefficient (Wildman–Crippen LogP) is -1.43. The molecule has 10 heteroatoms. The lowest BCUT2D eigenvalue weighted by atomic mass is 9.98. The Labute approximate surface area is 113 Å². The summed E-state index contributed by atoms with van der Waals surface area (Å²) in [7, 11) is 0. The van der Waals surface area contributed by atoms with E-state index >= 15 is 0 Å². The lowest BCUT2D eigenvalue weighted by Gasteiger charge is -2.22. The Morgan fingerprint density at radius 2 is 1.35 bits per heavy atom. The van der Waals surface area contributed by atoms with Crippen LogP contribution in [0.15, 0.2) is 0 Å². The van der Waals surface area contributed by atoms with Gasteiger partial charge in [0.25, 0.3) is 0 Å². The zero-order valence-corrected chi connectivity index (χ0v) is 10.6. The number of rotatable bonds is 10. The summed E-state index contributed by atoms with van der Waals surface area (Å²) in [6.07, 6.45) is -1.37. The van der Waals surface area contributed by atoms with Gasteiger partial charge in [-0.05, 0) is 6.92 Å². The fraction of sp³-hybridized carbons (Fsp3) is 0.600. The van der Waals surface area contributed by atoms with E-state index < -0.39 is 54.7 Å². The molecule has 0 aliphatic rings. The maximum absolute atomic E-state index is 10.9. The topological polar surface area (TPSA) is 173 Å². The molecule has 6 N–H and O–H groups in total. The van der Waals surface area contributed by atoms with Crippen molar-refractivity contribution in [2.45, 2.75) is 31.8 Å². The van der Waals surface area contributed by atoms with E-state index in [1.807, 2.05) is 0 Å². The van der Waals surface area contributed by atoms with E-state index in [0.29, 0.717) is 0 Å². The Morgan fingerprint density at radius 1 is 0.850 bits per heavy atom. The van der Waals surface area contributed by atoms with Crippen molar-refractivity contribution in [1.29, 1.82) is 0 Å². The summed E-state index contributed by atoms with van der Waals surface area (Å²) in [4.78, 5) is 42.6. The molecule has 0 spiro atoms. The second-order valence-corrected chi connectivity index (χ2v) is 4.11. The molecule has 0 amide bonds.